The predicted molar refractivity (Wildman–Crippen MR) is 38.5 cm³/mol. The van der Waals surface area contributed by atoms with Gasteiger partial charge in [0.1, 0.15) is 0 Å². The van der Waals surface area contributed by atoms with Gasteiger partial charge in [-0.05, 0) is 12.8 Å². The van der Waals surface area contributed by atoms with Crippen LogP contribution in [0.15, 0.2) is 0 Å². The molecule has 1 unspecified atom stereocenters. The molecule has 2 N–H and O–H groups in total. The van der Waals surface area contributed by atoms with Gasteiger partial charge in [0.2, 0.25) is 0 Å². The summed E-state index contributed by atoms with van der Waals surface area (Å²) < 4.78 is 5.00. The summed E-state index contributed by atoms with van der Waals surface area (Å²) in [6.45, 7) is 0.890. The number of hydrogen-bond acceptors (Lipinski definition) is 4. The SMILES string of the molecule is NOC(=O)CCCCC1CO1. The number of nitrogens with two attached hydrogens (primary N) is 1. The van der Waals surface area contributed by atoms with Crippen LogP contribution in [0.3, 0.4) is 0 Å². The number of carbonyl (C=O) groups is 1. The predicted octanol–water partition coefficient (Wildman–Crippen LogP) is 0.362. The maximum Gasteiger partial charge on any atom is 0.324 e. The third-order valence-corrected chi connectivity index (χ3v) is 1.69. The molecule has 0 bridgehead atoms. The van der Waals surface area contributed by atoms with Gasteiger partial charge in [-0.1, -0.05) is 6.42 Å². The number of rotatable bonds is 5. The molecule has 4 heteroatoms. The molecule has 11 heavy (non-hydrogen) atoms. The van der Waals surface area contributed by atoms with Gasteiger partial charge in [-0.3, -0.25) is 4.79 Å². The van der Waals surface area contributed by atoms with Gasteiger partial charge in [0.15, 0.2) is 0 Å². The first-order valence-electron chi connectivity index (χ1n) is 3.84. The van der Waals surface area contributed by atoms with E-state index in [4.69, 9.17) is 4.74 Å². The zero-order valence-corrected chi connectivity index (χ0v) is 6.41. The lowest BCUT2D eigenvalue weighted by Gasteiger charge is -1.96. The molecule has 1 fully saturated rings. The Morgan fingerprint density at radius 3 is 2.91 bits per heavy atom. The zero-order chi connectivity index (χ0) is 8.10. The molecule has 1 saturated heterocycles. The summed E-state index contributed by atoms with van der Waals surface area (Å²) in [4.78, 5) is 14.5. The molecular formula is C7H13NO3. The first-order chi connectivity index (χ1) is 5.33. The van der Waals surface area contributed by atoms with Gasteiger partial charge in [-0.15, -0.1) is 0 Å². The Bertz CT molecular complexity index is 134. The average molecular weight is 159 g/mol. The van der Waals surface area contributed by atoms with Gasteiger partial charge < -0.3 is 9.57 Å². The van der Waals surface area contributed by atoms with Crippen molar-refractivity contribution in [2.75, 3.05) is 6.61 Å². The van der Waals surface area contributed by atoms with Crippen molar-refractivity contribution in [3.63, 3.8) is 0 Å². The van der Waals surface area contributed by atoms with E-state index < -0.39 is 0 Å². The Labute approximate surface area is 65.6 Å². The third-order valence-electron chi connectivity index (χ3n) is 1.69. The van der Waals surface area contributed by atoms with Crippen molar-refractivity contribution in [3.05, 3.63) is 0 Å². The summed E-state index contributed by atoms with van der Waals surface area (Å²) in [6, 6.07) is 0. The van der Waals surface area contributed by atoms with Crippen molar-refractivity contribution in [3.8, 4) is 0 Å². The smallest absolute Gasteiger partial charge is 0.324 e. The molecule has 0 saturated carbocycles. The van der Waals surface area contributed by atoms with Crippen LogP contribution in [0.1, 0.15) is 25.7 Å². The van der Waals surface area contributed by atoms with E-state index in [-0.39, 0.29) is 5.97 Å². The van der Waals surface area contributed by atoms with E-state index in [0.717, 1.165) is 25.9 Å². The molecule has 1 aliphatic heterocycles. The molecule has 0 spiro atoms. The van der Waals surface area contributed by atoms with E-state index in [9.17, 15) is 4.79 Å². The molecule has 0 amide bonds. The number of ether oxygens (including phenoxy) is 1. The topological polar surface area (TPSA) is 64.8 Å². The van der Waals surface area contributed by atoms with Crippen LogP contribution in [-0.4, -0.2) is 18.7 Å². The van der Waals surface area contributed by atoms with Crippen LogP contribution < -0.4 is 5.90 Å². The van der Waals surface area contributed by atoms with Gasteiger partial charge >= 0.3 is 5.97 Å². The lowest BCUT2D eigenvalue weighted by molar-refractivity contribution is -0.144. The van der Waals surface area contributed by atoms with E-state index in [1.807, 2.05) is 0 Å². The van der Waals surface area contributed by atoms with E-state index in [1.54, 1.807) is 0 Å². The lowest BCUT2D eigenvalue weighted by Crippen LogP contribution is -2.09. The molecule has 1 rings (SSSR count). The maximum atomic E-state index is 10.5. The van der Waals surface area contributed by atoms with E-state index >= 15 is 0 Å². The van der Waals surface area contributed by atoms with Crippen LogP contribution in [-0.2, 0) is 14.4 Å². The number of epoxide rings is 1. The summed E-state index contributed by atoms with van der Waals surface area (Å²) in [5.74, 6) is 4.32. The highest BCUT2D eigenvalue weighted by molar-refractivity contribution is 5.68. The number of carbonyl (C=O) groups excluding carboxylic acids is 1. The first-order valence-corrected chi connectivity index (χ1v) is 3.84. The second-order valence-electron chi connectivity index (χ2n) is 2.69. The van der Waals surface area contributed by atoms with Gasteiger partial charge in [-0.25, -0.2) is 0 Å². The van der Waals surface area contributed by atoms with E-state index in [2.05, 4.69) is 10.7 Å². The van der Waals surface area contributed by atoms with Crippen LogP contribution in [0.2, 0.25) is 0 Å². The summed E-state index contributed by atoms with van der Waals surface area (Å²) in [6.07, 6.45) is 3.79. The summed E-state index contributed by atoms with van der Waals surface area (Å²) >= 11 is 0. The first kappa shape index (κ1) is 8.49. The van der Waals surface area contributed by atoms with Crippen LogP contribution >= 0.6 is 0 Å². The summed E-state index contributed by atoms with van der Waals surface area (Å²) in [5.41, 5.74) is 0. The molecule has 4 nitrogen and oxygen atoms in total. The largest absolute Gasteiger partial charge is 0.373 e. The van der Waals surface area contributed by atoms with Crippen LogP contribution in [0.5, 0.6) is 0 Å². The third kappa shape index (κ3) is 3.95. The highest BCUT2D eigenvalue weighted by Crippen LogP contribution is 2.16. The minimum Gasteiger partial charge on any atom is -0.373 e. The fourth-order valence-electron chi connectivity index (χ4n) is 0.935. The number of hydrogen-bond donors (Lipinski definition) is 1. The second kappa shape index (κ2) is 4.31. The Morgan fingerprint density at radius 1 is 1.64 bits per heavy atom. The normalized spacial score (nSPS) is 21.4. The summed E-state index contributed by atoms with van der Waals surface area (Å²) in [7, 11) is 0. The maximum absolute atomic E-state index is 10.5. The Kier molecular flexibility index (Phi) is 3.32. The van der Waals surface area contributed by atoms with Crippen LogP contribution in [0.4, 0.5) is 0 Å². The molecule has 64 valence electrons. The Hall–Kier alpha value is -0.610. The quantitative estimate of drug-likeness (QED) is 0.357. The molecule has 1 atom stereocenters. The molecule has 1 aliphatic rings. The van der Waals surface area contributed by atoms with Crippen LogP contribution in [0.25, 0.3) is 0 Å². The van der Waals surface area contributed by atoms with E-state index in [1.165, 1.54) is 0 Å². The zero-order valence-electron chi connectivity index (χ0n) is 6.41. The molecule has 0 aromatic carbocycles. The van der Waals surface area contributed by atoms with Crippen LogP contribution in [0, 0.1) is 0 Å². The molecule has 0 aromatic heterocycles. The van der Waals surface area contributed by atoms with Gasteiger partial charge in [0.05, 0.1) is 12.7 Å². The Balaban J connectivity index is 1.82. The molecule has 0 aliphatic carbocycles. The van der Waals surface area contributed by atoms with Gasteiger partial charge in [0.25, 0.3) is 0 Å². The van der Waals surface area contributed by atoms with Crippen molar-refractivity contribution in [1.29, 1.82) is 0 Å². The molecule has 1 heterocycles. The van der Waals surface area contributed by atoms with Crippen molar-refractivity contribution in [1.82, 2.24) is 0 Å². The lowest BCUT2D eigenvalue weighted by atomic mass is 10.1. The van der Waals surface area contributed by atoms with Crippen molar-refractivity contribution in [2.45, 2.75) is 31.8 Å². The number of unbranched alkanes of at least 4 members (excludes halogenated alkanes) is 1. The van der Waals surface area contributed by atoms with Crippen molar-refractivity contribution >= 4 is 5.97 Å². The van der Waals surface area contributed by atoms with Crippen molar-refractivity contribution < 1.29 is 14.4 Å². The Morgan fingerprint density at radius 2 is 2.36 bits per heavy atom. The molecular weight excluding hydrogens is 146 g/mol. The van der Waals surface area contributed by atoms with Gasteiger partial charge in [-0.2, -0.15) is 5.90 Å². The fraction of sp³-hybridized carbons (Fsp3) is 0.857. The minimum absolute atomic E-state index is 0.332. The molecule has 0 aromatic rings. The highest BCUT2D eigenvalue weighted by Gasteiger charge is 2.21. The minimum atomic E-state index is -0.332. The fourth-order valence-corrected chi connectivity index (χ4v) is 0.935. The molecule has 0 radical (unpaired) electrons. The monoisotopic (exact) mass is 159 g/mol. The van der Waals surface area contributed by atoms with Crippen molar-refractivity contribution in [2.24, 2.45) is 5.90 Å². The second-order valence-corrected chi connectivity index (χ2v) is 2.69. The summed E-state index contributed by atoms with van der Waals surface area (Å²) in [5, 5.41) is 0. The average Bonchev–Trinajstić information content (AvgIpc) is 2.81. The highest BCUT2D eigenvalue weighted by atomic mass is 16.7. The van der Waals surface area contributed by atoms with E-state index in [0.29, 0.717) is 12.5 Å². The standard InChI is InChI=1S/C7H13NO3/c8-11-7(9)4-2-1-3-6-5-10-6/h6H,1-5,8H2. The van der Waals surface area contributed by atoms with Gasteiger partial charge in [0, 0.05) is 6.42 Å².